The summed E-state index contributed by atoms with van der Waals surface area (Å²) in [4.78, 5) is 0. The predicted molar refractivity (Wildman–Crippen MR) is 139 cm³/mol. The van der Waals surface area contributed by atoms with E-state index < -0.39 is 0 Å². The molecule has 3 rings (SSSR count). The van der Waals surface area contributed by atoms with Crippen molar-refractivity contribution in [3.05, 3.63) is 84.0 Å². The van der Waals surface area contributed by atoms with Crippen LogP contribution in [0.15, 0.2) is 72.8 Å². The van der Waals surface area contributed by atoms with Crippen molar-refractivity contribution in [2.75, 3.05) is 6.61 Å². The molecule has 0 spiro atoms. The summed E-state index contributed by atoms with van der Waals surface area (Å²) in [6.45, 7) is 5.04. The Hall–Kier alpha value is -2.12. The third kappa shape index (κ3) is 8.10. The van der Waals surface area contributed by atoms with Crippen molar-refractivity contribution in [2.24, 2.45) is 0 Å². The van der Waals surface area contributed by atoms with Crippen LogP contribution in [0, 0.1) is 0 Å². The fourth-order valence-electron chi connectivity index (χ4n) is 4.74. The molecule has 0 aliphatic heterocycles. The number of hydrogen-bond donors (Lipinski definition) is 0. The van der Waals surface area contributed by atoms with Gasteiger partial charge in [-0.1, -0.05) is 105 Å². The summed E-state index contributed by atoms with van der Waals surface area (Å²) in [6, 6.07) is 18.5. The highest BCUT2D eigenvalue weighted by molar-refractivity contribution is 5.64. The van der Waals surface area contributed by atoms with Gasteiger partial charge in [0.2, 0.25) is 0 Å². The number of allylic oxidation sites excluding steroid dienone is 3. The summed E-state index contributed by atoms with van der Waals surface area (Å²) in [5, 5.41) is 0. The SMILES string of the molecule is C/C=C/C=C/COC1CCC(c2ccc(-c3ccc(CCCCCCC)cc3)cc2)CC1. The molecule has 0 radical (unpaired) electrons. The van der Waals surface area contributed by atoms with Crippen LogP contribution in [0.5, 0.6) is 0 Å². The molecule has 1 fully saturated rings. The van der Waals surface area contributed by atoms with E-state index in [2.05, 4.69) is 67.6 Å². The van der Waals surface area contributed by atoms with E-state index in [4.69, 9.17) is 4.74 Å². The molecule has 0 heterocycles. The van der Waals surface area contributed by atoms with Gasteiger partial charge in [0.25, 0.3) is 0 Å². The van der Waals surface area contributed by atoms with Gasteiger partial charge in [0.15, 0.2) is 0 Å². The molecule has 0 aromatic heterocycles. The maximum absolute atomic E-state index is 6.02. The van der Waals surface area contributed by atoms with Crippen LogP contribution in [0.3, 0.4) is 0 Å². The summed E-state index contributed by atoms with van der Waals surface area (Å²) >= 11 is 0. The lowest BCUT2D eigenvalue weighted by Crippen LogP contribution is -2.20. The van der Waals surface area contributed by atoms with Crippen molar-refractivity contribution in [3.63, 3.8) is 0 Å². The van der Waals surface area contributed by atoms with E-state index in [0.29, 0.717) is 12.0 Å². The van der Waals surface area contributed by atoms with Crippen molar-refractivity contribution in [2.45, 2.75) is 90.1 Å². The first kappa shape index (κ1) is 24.5. The van der Waals surface area contributed by atoms with Gasteiger partial charge >= 0.3 is 0 Å². The Morgan fingerprint density at radius 2 is 1.44 bits per heavy atom. The highest BCUT2D eigenvalue weighted by atomic mass is 16.5. The van der Waals surface area contributed by atoms with Crippen molar-refractivity contribution in [1.29, 1.82) is 0 Å². The predicted octanol–water partition coefficient (Wildman–Crippen LogP) is 9.04. The molecule has 32 heavy (non-hydrogen) atoms. The Labute approximate surface area is 196 Å². The van der Waals surface area contributed by atoms with Crippen molar-refractivity contribution in [3.8, 4) is 11.1 Å². The Morgan fingerprint density at radius 1 is 0.781 bits per heavy atom. The van der Waals surface area contributed by atoms with Gasteiger partial charge in [-0.2, -0.15) is 0 Å². The Balaban J connectivity index is 1.44. The molecule has 0 saturated heterocycles. The Bertz CT molecular complexity index is 805. The van der Waals surface area contributed by atoms with E-state index in [0.717, 1.165) is 6.61 Å². The number of ether oxygens (including phenoxy) is 1. The number of benzene rings is 2. The van der Waals surface area contributed by atoms with Crippen molar-refractivity contribution in [1.82, 2.24) is 0 Å². The van der Waals surface area contributed by atoms with Crippen LogP contribution in [0.25, 0.3) is 11.1 Å². The second-order valence-electron chi connectivity index (χ2n) is 9.24. The van der Waals surface area contributed by atoms with Crippen LogP contribution in [0.2, 0.25) is 0 Å². The topological polar surface area (TPSA) is 9.23 Å². The van der Waals surface area contributed by atoms with Gasteiger partial charge in [-0.05, 0) is 73.6 Å². The fourth-order valence-corrected chi connectivity index (χ4v) is 4.74. The van der Waals surface area contributed by atoms with Gasteiger partial charge in [-0.3, -0.25) is 0 Å². The van der Waals surface area contributed by atoms with Crippen LogP contribution in [0.4, 0.5) is 0 Å². The molecule has 2 aromatic carbocycles. The van der Waals surface area contributed by atoms with Crippen LogP contribution < -0.4 is 0 Å². The molecular weight excluding hydrogens is 388 g/mol. The van der Waals surface area contributed by atoms with E-state index >= 15 is 0 Å². The lowest BCUT2D eigenvalue weighted by atomic mass is 9.82. The molecule has 1 heteroatoms. The number of unbranched alkanes of at least 4 members (excludes halogenated alkanes) is 4. The number of hydrogen-bond acceptors (Lipinski definition) is 1. The first-order valence-corrected chi connectivity index (χ1v) is 12.9. The van der Waals surface area contributed by atoms with Crippen LogP contribution >= 0.6 is 0 Å². The highest BCUT2D eigenvalue weighted by Crippen LogP contribution is 2.35. The lowest BCUT2D eigenvalue weighted by molar-refractivity contribution is 0.0422. The quantitative estimate of drug-likeness (QED) is 0.241. The monoisotopic (exact) mass is 430 g/mol. The minimum absolute atomic E-state index is 0.422. The first-order valence-electron chi connectivity index (χ1n) is 12.9. The highest BCUT2D eigenvalue weighted by Gasteiger charge is 2.22. The molecule has 0 atom stereocenters. The number of rotatable bonds is 12. The molecule has 1 aliphatic carbocycles. The standard InChI is InChI=1S/C31H42O/c1-3-5-7-9-10-12-26-13-15-27(16-14-26)28-17-19-29(20-18-28)30-21-23-31(24-22-30)32-25-11-8-6-4-2/h4,6,8,11,13-20,30-31H,3,5,7,9-10,12,21-25H2,1-2H3/b6-4+,11-8+. The first-order chi connectivity index (χ1) is 15.8. The van der Waals surface area contributed by atoms with Crippen molar-refractivity contribution >= 4 is 0 Å². The summed E-state index contributed by atoms with van der Waals surface area (Å²) in [7, 11) is 0. The zero-order valence-electron chi connectivity index (χ0n) is 20.3. The maximum atomic E-state index is 6.02. The largest absolute Gasteiger partial charge is 0.374 e. The molecule has 0 bridgehead atoms. The summed E-state index contributed by atoms with van der Waals surface area (Å²) in [5.41, 5.74) is 5.62. The summed E-state index contributed by atoms with van der Waals surface area (Å²) < 4.78 is 6.02. The summed E-state index contributed by atoms with van der Waals surface area (Å²) in [6.07, 6.45) is 21.4. The van der Waals surface area contributed by atoms with E-state index in [-0.39, 0.29) is 0 Å². The van der Waals surface area contributed by atoms with E-state index in [9.17, 15) is 0 Å². The Morgan fingerprint density at radius 3 is 2.09 bits per heavy atom. The van der Waals surface area contributed by atoms with Gasteiger partial charge in [0, 0.05) is 0 Å². The molecule has 0 N–H and O–H groups in total. The minimum Gasteiger partial charge on any atom is -0.374 e. The second kappa shape index (κ2) is 14.1. The average Bonchev–Trinajstić information content (AvgIpc) is 2.85. The van der Waals surface area contributed by atoms with Crippen LogP contribution in [-0.4, -0.2) is 12.7 Å². The Kier molecular flexibility index (Phi) is 10.8. The third-order valence-electron chi connectivity index (χ3n) is 6.78. The molecular formula is C31H42O. The van der Waals surface area contributed by atoms with Gasteiger partial charge in [-0.15, -0.1) is 0 Å². The van der Waals surface area contributed by atoms with Gasteiger partial charge < -0.3 is 4.74 Å². The fraction of sp³-hybridized carbons (Fsp3) is 0.484. The zero-order valence-corrected chi connectivity index (χ0v) is 20.3. The van der Waals surface area contributed by atoms with Crippen LogP contribution in [-0.2, 0) is 11.2 Å². The normalized spacial score (nSPS) is 19.2. The molecule has 0 unspecified atom stereocenters. The molecule has 1 nitrogen and oxygen atoms in total. The zero-order chi connectivity index (χ0) is 22.4. The van der Waals surface area contributed by atoms with E-state index in [1.165, 1.54) is 86.5 Å². The molecule has 172 valence electrons. The third-order valence-corrected chi connectivity index (χ3v) is 6.78. The summed E-state index contributed by atoms with van der Waals surface area (Å²) in [5.74, 6) is 0.678. The minimum atomic E-state index is 0.422. The van der Waals surface area contributed by atoms with E-state index in [1.54, 1.807) is 0 Å². The molecule has 2 aromatic rings. The lowest BCUT2D eigenvalue weighted by Gasteiger charge is -2.28. The average molecular weight is 431 g/mol. The maximum Gasteiger partial charge on any atom is 0.0654 e. The number of aryl methyl sites for hydroxylation is 1. The molecule has 1 saturated carbocycles. The molecule has 0 amide bonds. The van der Waals surface area contributed by atoms with Gasteiger partial charge in [0.05, 0.1) is 12.7 Å². The van der Waals surface area contributed by atoms with E-state index in [1.807, 2.05) is 19.1 Å². The molecule has 1 aliphatic rings. The van der Waals surface area contributed by atoms with Crippen molar-refractivity contribution < 1.29 is 4.74 Å². The van der Waals surface area contributed by atoms with Gasteiger partial charge in [-0.25, -0.2) is 0 Å². The van der Waals surface area contributed by atoms with Gasteiger partial charge in [0.1, 0.15) is 0 Å². The van der Waals surface area contributed by atoms with Crippen LogP contribution in [0.1, 0.15) is 88.7 Å². The second-order valence-corrected chi connectivity index (χ2v) is 9.24. The smallest absolute Gasteiger partial charge is 0.0654 e.